The molecular formula is C20H23ClN4O. The molecule has 0 saturated heterocycles. The molecule has 2 aromatic carbocycles. The first-order valence-corrected chi connectivity index (χ1v) is 8.43. The molecule has 0 aliphatic heterocycles. The van der Waals surface area contributed by atoms with Gasteiger partial charge < -0.3 is 10.7 Å². The van der Waals surface area contributed by atoms with Gasteiger partial charge in [-0.1, -0.05) is 48.5 Å². The van der Waals surface area contributed by atoms with Crippen molar-refractivity contribution in [3.05, 3.63) is 71.9 Å². The quantitative estimate of drug-likeness (QED) is 0.348. The number of rotatable bonds is 6. The maximum atomic E-state index is 12.7. The van der Waals surface area contributed by atoms with Crippen LogP contribution in [0.4, 0.5) is 0 Å². The lowest BCUT2D eigenvalue weighted by Gasteiger charge is -2.19. The van der Waals surface area contributed by atoms with E-state index in [0.717, 1.165) is 30.2 Å². The zero-order valence-corrected chi connectivity index (χ0v) is 15.3. The summed E-state index contributed by atoms with van der Waals surface area (Å²) in [4.78, 5) is 17.1. The van der Waals surface area contributed by atoms with Gasteiger partial charge in [0.1, 0.15) is 5.69 Å². The third-order valence-corrected chi connectivity index (χ3v) is 4.24. The number of aromatic amines is 1. The van der Waals surface area contributed by atoms with Gasteiger partial charge in [0.05, 0.1) is 0 Å². The molecule has 0 atom stereocenters. The number of para-hydroxylation sites is 1. The number of carbonyl (C=O) groups excluding carboxylic acids is 1. The molecule has 136 valence electrons. The number of aromatic nitrogens is 1. The molecule has 5 nitrogen and oxygen atoms in total. The molecule has 6 heteroatoms. The smallest absolute Gasteiger partial charge is 0.276 e. The number of hydrogen-bond acceptors (Lipinski definition) is 2. The van der Waals surface area contributed by atoms with Crippen LogP contribution < -0.4 is 5.73 Å². The van der Waals surface area contributed by atoms with Crippen LogP contribution in [-0.4, -0.2) is 28.3 Å². The molecule has 4 N–H and O–H groups in total. The Morgan fingerprint density at radius 3 is 2.42 bits per heavy atom. The summed E-state index contributed by atoms with van der Waals surface area (Å²) in [5, 5.41) is 8.71. The second-order valence-corrected chi connectivity index (χ2v) is 6.05. The summed E-state index contributed by atoms with van der Waals surface area (Å²) in [7, 11) is 0. The number of carbonyl (C=O) groups is 1. The lowest BCUT2D eigenvalue weighted by atomic mass is 10.1. The van der Waals surface area contributed by atoms with E-state index in [1.807, 2.05) is 42.5 Å². The Bertz CT molecular complexity index is 843. The van der Waals surface area contributed by atoms with Crippen LogP contribution in [0.2, 0.25) is 0 Å². The van der Waals surface area contributed by atoms with Crippen molar-refractivity contribution in [2.24, 2.45) is 5.73 Å². The minimum absolute atomic E-state index is 0. The molecule has 0 aliphatic rings. The van der Waals surface area contributed by atoms with E-state index in [4.69, 9.17) is 11.1 Å². The van der Waals surface area contributed by atoms with Crippen molar-refractivity contribution >= 4 is 35.2 Å². The molecule has 0 unspecified atom stereocenters. The average molecular weight is 371 g/mol. The lowest BCUT2D eigenvalue weighted by molar-refractivity contribution is 0.0838. The summed E-state index contributed by atoms with van der Waals surface area (Å²) >= 11 is 0. The number of amides is 1. The minimum Gasteiger partial charge on any atom is -0.370 e. The molecule has 0 spiro atoms. The monoisotopic (exact) mass is 370 g/mol. The number of nitrogens with two attached hydrogens (primary N) is 1. The number of halogens is 1. The van der Waals surface area contributed by atoms with Gasteiger partial charge in [-0.15, -0.1) is 12.4 Å². The van der Waals surface area contributed by atoms with Crippen molar-refractivity contribution in [3.8, 4) is 0 Å². The number of nitrogens with zero attached hydrogens (tertiary/aromatic N) is 1. The summed E-state index contributed by atoms with van der Waals surface area (Å²) in [6.07, 6.45) is 2.68. The molecule has 0 aliphatic carbocycles. The third kappa shape index (κ3) is 4.64. The van der Waals surface area contributed by atoms with Gasteiger partial charge in [0, 0.05) is 17.4 Å². The van der Waals surface area contributed by atoms with Crippen molar-refractivity contribution in [3.63, 3.8) is 0 Å². The average Bonchev–Trinajstić information content (AvgIpc) is 3.06. The number of aryl methyl sites for hydroxylation is 1. The minimum atomic E-state index is -0.261. The van der Waals surface area contributed by atoms with E-state index < -0.39 is 0 Å². The maximum absolute atomic E-state index is 12.7. The zero-order valence-electron chi connectivity index (χ0n) is 14.4. The second kappa shape index (κ2) is 9.06. The van der Waals surface area contributed by atoms with Gasteiger partial charge in [0.15, 0.2) is 5.96 Å². The highest BCUT2D eigenvalue weighted by molar-refractivity contribution is 6.05. The molecule has 1 amide bonds. The number of nitrogens with one attached hydrogen (secondary N) is 2. The molecule has 0 radical (unpaired) electrons. The Labute approximate surface area is 159 Å². The summed E-state index contributed by atoms with van der Waals surface area (Å²) in [5.74, 6) is -0.480. The number of benzene rings is 2. The van der Waals surface area contributed by atoms with E-state index in [1.54, 1.807) is 6.07 Å². The molecule has 3 rings (SSSR count). The topological polar surface area (TPSA) is 86.0 Å². The Morgan fingerprint density at radius 2 is 1.73 bits per heavy atom. The summed E-state index contributed by atoms with van der Waals surface area (Å²) in [6, 6.07) is 19.8. The van der Waals surface area contributed by atoms with Gasteiger partial charge in [-0.2, -0.15) is 0 Å². The van der Waals surface area contributed by atoms with Gasteiger partial charge in [0.25, 0.3) is 5.91 Å². The maximum Gasteiger partial charge on any atom is 0.276 e. The molecule has 1 heterocycles. The van der Waals surface area contributed by atoms with E-state index in [1.165, 1.54) is 10.5 Å². The lowest BCUT2D eigenvalue weighted by Crippen LogP contribution is -2.42. The number of H-pyrrole nitrogens is 1. The standard InChI is InChI=1S/C20H22N4O.ClH/c21-20(22)24(13-7-6-10-15-8-2-1-3-9-15)19(25)18-14-16-11-4-5-12-17(16)23-18;/h1-5,8-9,11-12,14,23H,6-7,10,13H2,(H3,21,22);1H. The van der Waals surface area contributed by atoms with Crippen molar-refractivity contribution in [1.82, 2.24) is 9.88 Å². The summed E-state index contributed by atoms with van der Waals surface area (Å²) < 4.78 is 0. The van der Waals surface area contributed by atoms with Crippen LogP contribution in [0.5, 0.6) is 0 Å². The fourth-order valence-corrected chi connectivity index (χ4v) is 2.91. The number of unbranched alkanes of at least 4 members (excludes halogenated alkanes) is 1. The van der Waals surface area contributed by atoms with Crippen molar-refractivity contribution in [1.29, 1.82) is 5.41 Å². The highest BCUT2D eigenvalue weighted by Crippen LogP contribution is 2.16. The highest BCUT2D eigenvalue weighted by atomic mass is 35.5. The number of guanidine groups is 1. The van der Waals surface area contributed by atoms with E-state index >= 15 is 0 Å². The number of fused-ring (bicyclic) bond motifs is 1. The van der Waals surface area contributed by atoms with Gasteiger partial charge in [-0.3, -0.25) is 15.1 Å². The predicted molar refractivity (Wildman–Crippen MR) is 108 cm³/mol. The second-order valence-electron chi connectivity index (χ2n) is 6.05. The van der Waals surface area contributed by atoms with Gasteiger partial charge in [-0.05, 0) is 37.0 Å². The van der Waals surface area contributed by atoms with Crippen LogP contribution in [0, 0.1) is 5.41 Å². The van der Waals surface area contributed by atoms with Crippen LogP contribution in [0.1, 0.15) is 28.9 Å². The summed E-state index contributed by atoms with van der Waals surface area (Å²) in [6.45, 7) is 0.441. The Hall–Kier alpha value is -2.79. The summed E-state index contributed by atoms with van der Waals surface area (Å²) in [5.41, 5.74) is 8.27. The van der Waals surface area contributed by atoms with Crippen LogP contribution in [0.3, 0.4) is 0 Å². The largest absolute Gasteiger partial charge is 0.370 e. The Morgan fingerprint density at radius 1 is 1.04 bits per heavy atom. The first-order valence-electron chi connectivity index (χ1n) is 8.43. The highest BCUT2D eigenvalue weighted by Gasteiger charge is 2.19. The zero-order chi connectivity index (χ0) is 17.6. The molecule has 0 fully saturated rings. The van der Waals surface area contributed by atoms with Crippen molar-refractivity contribution in [2.45, 2.75) is 19.3 Å². The molecular weight excluding hydrogens is 348 g/mol. The van der Waals surface area contributed by atoms with E-state index in [-0.39, 0.29) is 24.3 Å². The van der Waals surface area contributed by atoms with Gasteiger partial charge >= 0.3 is 0 Å². The normalized spacial score (nSPS) is 10.3. The Balaban J connectivity index is 0.00000243. The third-order valence-electron chi connectivity index (χ3n) is 4.24. The van der Waals surface area contributed by atoms with E-state index in [2.05, 4.69) is 17.1 Å². The predicted octanol–water partition coefficient (Wildman–Crippen LogP) is 3.95. The van der Waals surface area contributed by atoms with Crippen molar-refractivity contribution in [2.75, 3.05) is 6.54 Å². The van der Waals surface area contributed by atoms with Crippen LogP contribution in [0.15, 0.2) is 60.7 Å². The van der Waals surface area contributed by atoms with Crippen LogP contribution in [-0.2, 0) is 6.42 Å². The van der Waals surface area contributed by atoms with Crippen molar-refractivity contribution < 1.29 is 4.79 Å². The molecule has 0 saturated carbocycles. The first kappa shape index (κ1) is 19.5. The SMILES string of the molecule is Cl.N=C(N)N(CCCCc1ccccc1)C(=O)c1cc2ccccc2[nH]1. The Kier molecular flexibility index (Phi) is 6.81. The first-order chi connectivity index (χ1) is 12.1. The van der Waals surface area contributed by atoms with Crippen LogP contribution >= 0.6 is 12.4 Å². The van der Waals surface area contributed by atoms with Gasteiger partial charge in [0.2, 0.25) is 0 Å². The number of hydrogen-bond donors (Lipinski definition) is 3. The van der Waals surface area contributed by atoms with E-state index in [9.17, 15) is 4.79 Å². The molecule has 1 aromatic heterocycles. The molecule has 26 heavy (non-hydrogen) atoms. The fourth-order valence-electron chi connectivity index (χ4n) is 2.91. The fraction of sp³-hybridized carbons (Fsp3) is 0.200. The molecule has 3 aromatic rings. The molecule has 0 bridgehead atoms. The van der Waals surface area contributed by atoms with Crippen LogP contribution in [0.25, 0.3) is 10.9 Å². The van der Waals surface area contributed by atoms with E-state index in [0.29, 0.717) is 12.2 Å². The van der Waals surface area contributed by atoms with Gasteiger partial charge in [-0.25, -0.2) is 0 Å².